The fraction of sp³-hybridized carbons (Fsp3) is 0.455. The first-order valence-corrected chi connectivity index (χ1v) is 5.33. The fourth-order valence-corrected chi connectivity index (χ4v) is 1.40. The molecule has 1 rings (SSSR count). The van der Waals surface area contributed by atoms with Gasteiger partial charge in [-0.15, -0.1) is 0 Å². The van der Waals surface area contributed by atoms with Crippen LogP contribution in [0.2, 0.25) is 0 Å². The van der Waals surface area contributed by atoms with Crippen LogP contribution in [0, 0.1) is 0 Å². The lowest BCUT2D eigenvalue weighted by atomic mass is 10.1. The molecule has 0 N–H and O–H groups in total. The van der Waals surface area contributed by atoms with Gasteiger partial charge in [0.25, 0.3) is 6.43 Å². The molecule has 0 aromatic carbocycles. The molecule has 1 aromatic heterocycles. The van der Waals surface area contributed by atoms with Crippen LogP contribution in [0.5, 0.6) is 5.88 Å². The van der Waals surface area contributed by atoms with Crippen molar-refractivity contribution < 1.29 is 36.2 Å². The smallest absolute Gasteiger partial charge is 0.421 e. The number of ether oxygens (including phenoxy) is 2. The Morgan fingerprint density at radius 3 is 2.40 bits per heavy atom. The summed E-state index contributed by atoms with van der Waals surface area (Å²) < 4.78 is 72.5. The van der Waals surface area contributed by atoms with Crippen molar-refractivity contribution in [2.24, 2.45) is 0 Å². The monoisotopic (exact) mass is 299 g/mol. The molecule has 9 heteroatoms. The maximum atomic E-state index is 12.8. The van der Waals surface area contributed by atoms with Gasteiger partial charge in [-0.3, -0.25) is 0 Å². The number of nitrogens with zero attached hydrogens (tertiary/aromatic N) is 1. The SMILES string of the molecule is CCOC(=O)c1nc(OC)c(C(F)(F)F)cc1C(F)F. The molecule has 0 bridgehead atoms. The lowest BCUT2D eigenvalue weighted by Gasteiger charge is -2.15. The van der Waals surface area contributed by atoms with Crippen LogP contribution in [-0.4, -0.2) is 24.7 Å². The standard InChI is InChI=1S/C11H10F5NO3/c1-3-20-10(18)7-5(8(12)13)4-6(11(14,15)16)9(17-7)19-2/h4,8H,3H2,1-2H3. The number of methoxy groups -OCH3 is 1. The predicted octanol–water partition coefficient (Wildman–Crippen LogP) is 3.22. The summed E-state index contributed by atoms with van der Waals surface area (Å²) in [5.74, 6) is -2.21. The molecule has 0 aliphatic heterocycles. The summed E-state index contributed by atoms with van der Waals surface area (Å²) in [5.41, 5.74) is -3.54. The molecular formula is C11H10F5NO3. The van der Waals surface area contributed by atoms with Gasteiger partial charge < -0.3 is 9.47 Å². The first kappa shape index (κ1) is 16.1. The predicted molar refractivity (Wildman–Crippen MR) is 56.7 cm³/mol. The normalized spacial score (nSPS) is 11.6. The number of rotatable bonds is 4. The minimum atomic E-state index is -4.94. The maximum absolute atomic E-state index is 12.8. The van der Waals surface area contributed by atoms with E-state index in [2.05, 4.69) is 14.5 Å². The number of hydrogen-bond acceptors (Lipinski definition) is 4. The van der Waals surface area contributed by atoms with E-state index < -0.39 is 41.3 Å². The summed E-state index contributed by atoms with van der Waals surface area (Å²) >= 11 is 0. The quantitative estimate of drug-likeness (QED) is 0.632. The summed E-state index contributed by atoms with van der Waals surface area (Å²) in [5, 5.41) is 0. The van der Waals surface area contributed by atoms with E-state index in [9.17, 15) is 26.7 Å². The van der Waals surface area contributed by atoms with Crippen molar-refractivity contribution >= 4 is 5.97 Å². The zero-order valence-electron chi connectivity index (χ0n) is 10.4. The van der Waals surface area contributed by atoms with E-state index in [0.29, 0.717) is 0 Å². The van der Waals surface area contributed by atoms with Crippen LogP contribution >= 0.6 is 0 Å². The highest BCUT2D eigenvalue weighted by Gasteiger charge is 2.38. The van der Waals surface area contributed by atoms with Crippen molar-refractivity contribution in [3.63, 3.8) is 0 Å². The Bertz CT molecular complexity index is 502. The van der Waals surface area contributed by atoms with Crippen LogP contribution in [0.3, 0.4) is 0 Å². The summed E-state index contributed by atoms with van der Waals surface area (Å²) in [6.07, 6.45) is -8.25. The van der Waals surface area contributed by atoms with Gasteiger partial charge in [0.15, 0.2) is 5.69 Å². The van der Waals surface area contributed by atoms with Crippen molar-refractivity contribution in [2.45, 2.75) is 19.5 Å². The fourth-order valence-electron chi connectivity index (χ4n) is 1.40. The van der Waals surface area contributed by atoms with E-state index >= 15 is 0 Å². The van der Waals surface area contributed by atoms with Crippen LogP contribution in [-0.2, 0) is 10.9 Å². The number of halogens is 5. The summed E-state index contributed by atoms with van der Waals surface area (Å²) in [7, 11) is 0.883. The van der Waals surface area contributed by atoms with Gasteiger partial charge in [-0.25, -0.2) is 18.6 Å². The van der Waals surface area contributed by atoms with Crippen LogP contribution in [0.25, 0.3) is 0 Å². The van der Waals surface area contributed by atoms with E-state index in [1.54, 1.807) is 0 Å². The average Bonchev–Trinajstić information content (AvgIpc) is 2.36. The highest BCUT2D eigenvalue weighted by Crippen LogP contribution is 2.38. The summed E-state index contributed by atoms with van der Waals surface area (Å²) in [6.45, 7) is 1.29. The molecule has 1 aromatic rings. The Labute approximate surface area is 110 Å². The molecule has 0 aliphatic carbocycles. The van der Waals surface area contributed by atoms with Crippen molar-refractivity contribution in [2.75, 3.05) is 13.7 Å². The number of carbonyl (C=O) groups is 1. The number of carbonyl (C=O) groups excluding carboxylic acids is 1. The molecule has 0 saturated heterocycles. The zero-order valence-corrected chi connectivity index (χ0v) is 10.4. The van der Waals surface area contributed by atoms with Crippen molar-refractivity contribution in [3.8, 4) is 5.88 Å². The van der Waals surface area contributed by atoms with Gasteiger partial charge >= 0.3 is 12.1 Å². The number of aromatic nitrogens is 1. The first-order valence-electron chi connectivity index (χ1n) is 5.33. The molecule has 0 spiro atoms. The Morgan fingerprint density at radius 1 is 1.40 bits per heavy atom. The highest BCUT2D eigenvalue weighted by molar-refractivity contribution is 5.89. The molecule has 4 nitrogen and oxygen atoms in total. The Morgan fingerprint density at radius 2 is 2.00 bits per heavy atom. The lowest BCUT2D eigenvalue weighted by Crippen LogP contribution is -2.16. The van der Waals surface area contributed by atoms with E-state index in [-0.39, 0.29) is 12.7 Å². The lowest BCUT2D eigenvalue weighted by molar-refractivity contribution is -0.139. The van der Waals surface area contributed by atoms with E-state index in [1.165, 1.54) is 6.92 Å². The van der Waals surface area contributed by atoms with Crippen molar-refractivity contribution in [1.82, 2.24) is 4.98 Å². The topological polar surface area (TPSA) is 48.4 Å². The molecule has 0 unspecified atom stereocenters. The molecule has 0 saturated carbocycles. The summed E-state index contributed by atoms with van der Waals surface area (Å²) in [6, 6.07) is 0.142. The zero-order chi connectivity index (χ0) is 15.5. The molecular weight excluding hydrogens is 289 g/mol. The van der Waals surface area contributed by atoms with Gasteiger partial charge in [-0.1, -0.05) is 0 Å². The van der Waals surface area contributed by atoms with Gasteiger partial charge in [0.1, 0.15) is 5.56 Å². The number of alkyl halides is 5. The van der Waals surface area contributed by atoms with Gasteiger partial charge in [-0.2, -0.15) is 13.2 Å². The number of hydrogen-bond donors (Lipinski definition) is 0. The van der Waals surface area contributed by atoms with Crippen molar-refractivity contribution in [3.05, 3.63) is 22.9 Å². The molecule has 0 radical (unpaired) electrons. The largest absolute Gasteiger partial charge is 0.481 e. The third kappa shape index (κ3) is 3.34. The van der Waals surface area contributed by atoms with Crippen LogP contribution in [0.1, 0.15) is 35.0 Å². The number of esters is 1. The molecule has 0 aliphatic rings. The third-order valence-electron chi connectivity index (χ3n) is 2.22. The minimum Gasteiger partial charge on any atom is -0.481 e. The molecule has 0 atom stereocenters. The van der Waals surface area contributed by atoms with E-state index in [1.807, 2.05) is 0 Å². The number of pyridine rings is 1. The maximum Gasteiger partial charge on any atom is 0.421 e. The second-order valence-corrected chi connectivity index (χ2v) is 3.50. The summed E-state index contributed by atoms with van der Waals surface area (Å²) in [4.78, 5) is 14.6. The second-order valence-electron chi connectivity index (χ2n) is 3.50. The third-order valence-corrected chi connectivity index (χ3v) is 2.22. The minimum absolute atomic E-state index is 0.132. The van der Waals surface area contributed by atoms with Crippen molar-refractivity contribution in [1.29, 1.82) is 0 Å². The second kappa shape index (κ2) is 6.02. The van der Waals surface area contributed by atoms with Gasteiger partial charge in [-0.05, 0) is 13.0 Å². The molecule has 0 fully saturated rings. The van der Waals surface area contributed by atoms with Gasteiger partial charge in [0.05, 0.1) is 19.3 Å². The molecule has 20 heavy (non-hydrogen) atoms. The molecule has 1 heterocycles. The molecule has 0 amide bonds. The van der Waals surface area contributed by atoms with Crippen LogP contribution < -0.4 is 4.74 Å². The highest BCUT2D eigenvalue weighted by atomic mass is 19.4. The van der Waals surface area contributed by atoms with E-state index in [4.69, 9.17) is 0 Å². The van der Waals surface area contributed by atoms with Gasteiger partial charge in [0, 0.05) is 0 Å². The Hall–Kier alpha value is -1.93. The Balaban J connectivity index is 3.49. The van der Waals surface area contributed by atoms with E-state index in [0.717, 1.165) is 7.11 Å². The van der Waals surface area contributed by atoms with Crippen LogP contribution in [0.4, 0.5) is 22.0 Å². The first-order chi connectivity index (χ1) is 9.22. The Kier molecular flexibility index (Phi) is 4.85. The average molecular weight is 299 g/mol. The van der Waals surface area contributed by atoms with Gasteiger partial charge in [0.2, 0.25) is 5.88 Å². The molecule has 112 valence electrons. The van der Waals surface area contributed by atoms with Crippen LogP contribution in [0.15, 0.2) is 6.07 Å².